The molecule has 1 fully saturated rings. The van der Waals surface area contributed by atoms with Gasteiger partial charge < -0.3 is 42.2 Å². The molecule has 0 spiro atoms. The largest absolute Gasteiger partial charge is 0.451 e. The van der Waals surface area contributed by atoms with Crippen molar-refractivity contribution in [2.24, 2.45) is 23.1 Å². The maximum atomic E-state index is 13.7. The van der Waals surface area contributed by atoms with E-state index in [0.717, 1.165) is 6.08 Å². The second kappa shape index (κ2) is 13.3. The molecule has 5 atom stereocenters. The van der Waals surface area contributed by atoms with Gasteiger partial charge in [-0.1, -0.05) is 72.8 Å². The number of hydrogen-bond donors (Lipinski definition) is 7. The zero-order valence-electron chi connectivity index (χ0n) is 24.1. The van der Waals surface area contributed by atoms with Crippen molar-refractivity contribution in [3.8, 4) is 0 Å². The Labute approximate surface area is 259 Å². The Balaban J connectivity index is 1.85. The second-order valence-electron chi connectivity index (χ2n) is 10.7. The van der Waals surface area contributed by atoms with E-state index in [1.54, 1.807) is 24.3 Å². The number of carbonyl (C=O) groups is 3. The van der Waals surface area contributed by atoms with Gasteiger partial charge in [0, 0.05) is 5.57 Å². The summed E-state index contributed by atoms with van der Waals surface area (Å²) < 4.78 is 38.1. The number of aliphatic hydroxyl groups is 2. The molecule has 2 aliphatic rings. The molecule has 0 radical (unpaired) electrons. The molecule has 1 aliphatic carbocycles. The fourth-order valence-electron chi connectivity index (χ4n) is 5.11. The van der Waals surface area contributed by atoms with Crippen LogP contribution in [0.15, 0.2) is 84.1 Å². The summed E-state index contributed by atoms with van der Waals surface area (Å²) in [6.07, 6.45) is 1.47. The lowest BCUT2D eigenvalue weighted by molar-refractivity contribution is -0.158. The van der Waals surface area contributed by atoms with Crippen LogP contribution in [-0.4, -0.2) is 72.5 Å². The molecule has 15 heteroatoms. The Bertz CT molecular complexity index is 1630. The quantitative estimate of drug-likeness (QED) is 0.0854. The molecule has 2 aromatic carbocycles. The van der Waals surface area contributed by atoms with Crippen LogP contribution < -0.4 is 22.5 Å². The smallest absolute Gasteiger partial charge is 0.345 e. The van der Waals surface area contributed by atoms with Crippen molar-refractivity contribution >= 4 is 33.5 Å². The van der Waals surface area contributed by atoms with Gasteiger partial charge in [-0.3, -0.25) is 10.2 Å². The number of primary amides is 1. The van der Waals surface area contributed by atoms with Gasteiger partial charge in [-0.15, -0.1) is 0 Å². The molecule has 4 rings (SSSR count). The van der Waals surface area contributed by atoms with Crippen molar-refractivity contribution in [3.63, 3.8) is 0 Å². The lowest BCUT2D eigenvalue weighted by Crippen LogP contribution is -2.60. The minimum Gasteiger partial charge on any atom is -0.451 e. The summed E-state index contributed by atoms with van der Waals surface area (Å²) in [5, 5.41) is 33.1. The van der Waals surface area contributed by atoms with Crippen molar-refractivity contribution in [1.82, 2.24) is 5.32 Å². The van der Waals surface area contributed by atoms with Gasteiger partial charge in [0.1, 0.15) is 11.9 Å². The SMILES string of the molecule is N=C(N)C1C=CC(C(O)(C(N)=O)c2ccccc2)=C(OC(=O)C2CCCN2)C1OC(=O)[C@](N)(CO)S(=O)(=O)Cc1ccccc1. The lowest BCUT2D eigenvalue weighted by atomic mass is 9.79. The normalized spacial score (nSPS) is 22.6. The highest BCUT2D eigenvalue weighted by Crippen LogP contribution is 2.40. The van der Waals surface area contributed by atoms with E-state index in [4.69, 9.17) is 32.1 Å². The number of esters is 2. The molecule has 1 aliphatic heterocycles. The van der Waals surface area contributed by atoms with Crippen molar-refractivity contribution in [3.05, 3.63) is 95.3 Å². The molecule has 1 saturated heterocycles. The molecule has 10 N–H and O–H groups in total. The first-order valence-electron chi connectivity index (χ1n) is 13.9. The van der Waals surface area contributed by atoms with E-state index in [2.05, 4.69) is 5.32 Å². The van der Waals surface area contributed by atoms with Gasteiger partial charge in [-0.05, 0) is 30.5 Å². The van der Waals surface area contributed by atoms with Crippen LogP contribution in [0.25, 0.3) is 0 Å². The summed E-state index contributed by atoms with van der Waals surface area (Å²) in [6, 6.07) is 14.4. The van der Waals surface area contributed by atoms with Crippen LogP contribution in [0, 0.1) is 11.3 Å². The minimum absolute atomic E-state index is 0.0370. The molecular weight excluding hydrogens is 606 g/mol. The van der Waals surface area contributed by atoms with Crippen LogP contribution >= 0.6 is 0 Å². The molecule has 0 bridgehead atoms. The summed E-state index contributed by atoms with van der Waals surface area (Å²) in [4.78, 5) is 36.8. The Kier molecular flexibility index (Phi) is 9.89. The van der Waals surface area contributed by atoms with E-state index in [0.29, 0.717) is 19.4 Å². The van der Waals surface area contributed by atoms with Crippen LogP contribution in [0.4, 0.5) is 0 Å². The summed E-state index contributed by atoms with van der Waals surface area (Å²) in [5.74, 6) is -7.21. The number of aliphatic hydroxyl groups excluding tert-OH is 1. The van der Waals surface area contributed by atoms with Gasteiger partial charge in [-0.2, -0.15) is 0 Å². The number of benzene rings is 2. The first kappa shape index (κ1) is 33.5. The minimum atomic E-state index is -4.67. The number of nitrogens with two attached hydrogens (primary N) is 3. The molecule has 0 aromatic heterocycles. The highest BCUT2D eigenvalue weighted by molar-refractivity contribution is 7.92. The predicted octanol–water partition coefficient (Wildman–Crippen LogP) is -0.795. The second-order valence-corrected chi connectivity index (χ2v) is 13.0. The van der Waals surface area contributed by atoms with Crippen molar-refractivity contribution in [2.75, 3.05) is 13.2 Å². The number of hydrogen-bond acceptors (Lipinski definition) is 12. The fourth-order valence-corrected chi connectivity index (χ4v) is 6.49. The zero-order valence-corrected chi connectivity index (χ0v) is 24.9. The first-order chi connectivity index (χ1) is 21.3. The van der Waals surface area contributed by atoms with E-state index in [1.807, 2.05) is 0 Å². The molecule has 45 heavy (non-hydrogen) atoms. The average Bonchev–Trinajstić information content (AvgIpc) is 3.56. The van der Waals surface area contributed by atoms with Gasteiger partial charge in [0.25, 0.3) is 5.91 Å². The van der Waals surface area contributed by atoms with Crippen LogP contribution in [0.5, 0.6) is 0 Å². The summed E-state index contributed by atoms with van der Waals surface area (Å²) in [5.41, 5.74) is 14.7. The Hall–Kier alpha value is -4.41. The third kappa shape index (κ3) is 6.53. The van der Waals surface area contributed by atoms with Crippen molar-refractivity contribution in [2.45, 2.75) is 41.2 Å². The van der Waals surface area contributed by atoms with Gasteiger partial charge in [0.2, 0.25) is 4.87 Å². The molecule has 1 amide bonds. The van der Waals surface area contributed by atoms with Gasteiger partial charge >= 0.3 is 11.9 Å². The van der Waals surface area contributed by atoms with E-state index < -0.39 is 85.7 Å². The predicted molar refractivity (Wildman–Crippen MR) is 161 cm³/mol. The Morgan fingerprint density at radius 2 is 1.67 bits per heavy atom. The number of amidine groups is 1. The van der Waals surface area contributed by atoms with Gasteiger partial charge in [0.05, 0.1) is 18.3 Å². The highest BCUT2D eigenvalue weighted by Gasteiger charge is 2.53. The number of carbonyl (C=O) groups excluding carboxylic acids is 3. The molecule has 4 unspecified atom stereocenters. The topological polar surface area (TPSA) is 258 Å². The molecule has 0 saturated carbocycles. The van der Waals surface area contributed by atoms with Crippen LogP contribution in [0.3, 0.4) is 0 Å². The molecule has 240 valence electrons. The van der Waals surface area contributed by atoms with Crippen molar-refractivity contribution < 1.29 is 42.5 Å². The molecule has 2 aromatic rings. The molecular formula is C30H35N5O9S. The average molecular weight is 642 g/mol. The fraction of sp³-hybridized carbons (Fsp3) is 0.333. The van der Waals surface area contributed by atoms with Gasteiger partial charge in [-0.25, -0.2) is 18.0 Å². The lowest BCUT2D eigenvalue weighted by Gasteiger charge is -2.37. The number of sulfone groups is 1. The van der Waals surface area contributed by atoms with Crippen LogP contribution in [0.2, 0.25) is 0 Å². The summed E-state index contributed by atoms with van der Waals surface area (Å²) in [7, 11) is -4.67. The highest BCUT2D eigenvalue weighted by atomic mass is 32.2. The monoisotopic (exact) mass is 641 g/mol. The number of rotatable bonds is 12. The number of nitrogens with one attached hydrogen (secondary N) is 2. The first-order valence-corrected chi connectivity index (χ1v) is 15.6. The van der Waals surface area contributed by atoms with Crippen LogP contribution in [0.1, 0.15) is 24.0 Å². The Morgan fingerprint density at radius 3 is 2.20 bits per heavy atom. The zero-order chi connectivity index (χ0) is 33.0. The summed E-state index contributed by atoms with van der Waals surface area (Å²) >= 11 is 0. The number of ether oxygens (including phenoxy) is 2. The molecule has 14 nitrogen and oxygen atoms in total. The third-order valence-electron chi connectivity index (χ3n) is 7.74. The number of amides is 1. The van der Waals surface area contributed by atoms with E-state index in [-0.39, 0.29) is 11.1 Å². The standard InChI is InChI=1S/C30H35N5O9S/c31-25(32)20-13-14-21(30(40,27(33)38)19-10-5-2-6-11-19)24(43-26(37)22-12-7-15-35-22)23(20)44-28(39)29(34,17-36)45(41,42)16-18-8-3-1-4-9-18/h1-6,8-11,13-14,20,22-23,35-36,40H,7,12,15-17,34H2,(H3,31,32)(H2,33,38)/t20?,22?,23?,29-,30?/m0/s1. The summed E-state index contributed by atoms with van der Waals surface area (Å²) in [6.45, 7) is -0.901. The third-order valence-corrected chi connectivity index (χ3v) is 9.86. The Morgan fingerprint density at radius 1 is 1.04 bits per heavy atom. The van der Waals surface area contributed by atoms with Crippen molar-refractivity contribution in [1.29, 1.82) is 5.41 Å². The van der Waals surface area contributed by atoms with E-state index in [9.17, 15) is 33.0 Å². The molecule has 1 heterocycles. The van der Waals surface area contributed by atoms with E-state index >= 15 is 0 Å². The van der Waals surface area contributed by atoms with Crippen LogP contribution in [-0.2, 0) is 45.0 Å². The maximum absolute atomic E-state index is 13.7. The van der Waals surface area contributed by atoms with E-state index in [1.165, 1.54) is 42.5 Å². The van der Waals surface area contributed by atoms with Gasteiger partial charge in [0.15, 0.2) is 27.3 Å². The maximum Gasteiger partial charge on any atom is 0.345 e.